The fraction of sp³-hybridized carbons (Fsp3) is 0.714. The Labute approximate surface area is 140 Å². The van der Waals surface area contributed by atoms with Gasteiger partial charge in [-0.05, 0) is 47.3 Å². The van der Waals surface area contributed by atoms with Gasteiger partial charge in [0.2, 0.25) is 0 Å². The molecule has 7 heteroatoms. The summed E-state index contributed by atoms with van der Waals surface area (Å²) >= 11 is 4.73. The van der Waals surface area contributed by atoms with Crippen molar-refractivity contribution in [3.05, 3.63) is 15.4 Å². The number of hydrogen-bond donors (Lipinski definition) is 1. The smallest absolute Gasteiger partial charge is 0.252 e. The van der Waals surface area contributed by atoms with E-state index in [0.29, 0.717) is 16.8 Å². The second-order valence-corrected chi connectivity index (χ2v) is 10.3. The van der Waals surface area contributed by atoms with E-state index in [4.69, 9.17) is 0 Å². The average Bonchev–Trinajstić information content (AvgIpc) is 2.77. The van der Waals surface area contributed by atoms with E-state index in [1.165, 1.54) is 11.3 Å². The minimum atomic E-state index is -3.38. The lowest BCUT2D eigenvalue weighted by Crippen LogP contribution is -2.49. The van der Waals surface area contributed by atoms with Gasteiger partial charge in [-0.3, -0.25) is 0 Å². The first-order valence-corrected chi connectivity index (χ1v) is 10.4. The van der Waals surface area contributed by atoms with Crippen LogP contribution in [-0.4, -0.2) is 37.9 Å². The molecule has 0 spiro atoms. The van der Waals surface area contributed by atoms with Crippen LogP contribution >= 0.6 is 27.3 Å². The summed E-state index contributed by atoms with van der Waals surface area (Å²) in [5.41, 5.74) is 0.979. The van der Waals surface area contributed by atoms with Crippen LogP contribution in [0.1, 0.15) is 38.7 Å². The predicted molar refractivity (Wildman–Crippen MR) is 91.4 cm³/mol. The van der Waals surface area contributed by atoms with Crippen molar-refractivity contribution in [1.82, 2.24) is 9.62 Å². The zero-order valence-electron chi connectivity index (χ0n) is 12.7. The molecule has 21 heavy (non-hydrogen) atoms. The highest BCUT2D eigenvalue weighted by Crippen LogP contribution is 2.34. The molecule has 0 saturated carbocycles. The van der Waals surface area contributed by atoms with Crippen molar-refractivity contribution in [3.63, 3.8) is 0 Å². The van der Waals surface area contributed by atoms with Gasteiger partial charge in [-0.25, -0.2) is 8.42 Å². The third-order valence-corrected chi connectivity index (χ3v) is 8.27. The second kappa shape index (κ2) is 7.08. The number of hydrogen-bond acceptors (Lipinski definition) is 4. The summed E-state index contributed by atoms with van der Waals surface area (Å²) in [4.78, 5) is 0. The normalized spacial score (nSPS) is 21.1. The van der Waals surface area contributed by atoms with Crippen LogP contribution in [0, 0.1) is 6.92 Å². The zero-order chi connectivity index (χ0) is 15.6. The summed E-state index contributed by atoms with van der Waals surface area (Å²) < 4.78 is 28.8. The lowest BCUT2D eigenvalue weighted by molar-refractivity contribution is 0.242. The number of thiophene rings is 1. The summed E-state index contributed by atoms with van der Waals surface area (Å²) in [5, 5.41) is 3.37. The number of rotatable bonds is 5. The summed E-state index contributed by atoms with van der Waals surface area (Å²) in [7, 11) is -3.38. The highest BCUT2D eigenvalue weighted by molar-refractivity contribution is 9.11. The van der Waals surface area contributed by atoms with Crippen molar-refractivity contribution in [2.45, 2.75) is 56.3 Å². The van der Waals surface area contributed by atoms with Crippen LogP contribution in [0.25, 0.3) is 0 Å². The number of halogens is 1. The molecule has 1 aromatic rings. The monoisotopic (exact) mass is 394 g/mol. The van der Waals surface area contributed by atoms with E-state index in [0.717, 1.165) is 35.2 Å². The molecule has 1 aromatic heterocycles. The van der Waals surface area contributed by atoms with Gasteiger partial charge in [-0.15, -0.1) is 11.3 Å². The van der Waals surface area contributed by atoms with Gasteiger partial charge in [-0.1, -0.05) is 20.3 Å². The first-order chi connectivity index (χ1) is 9.82. The summed E-state index contributed by atoms with van der Waals surface area (Å²) in [6.07, 6.45) is 2.98. The molecule has 4 nitrogen and oxygen atoms in total. The van der Waals surface area contributed by atoms with Crippen LogP contribution in [0.5, 0.6) is 0 Å². The Balaban J connectivity index is 2.22. The van der Waals surface area contributed by atoms with Crippen LogP contribution < -0.4 is 5.32 Å². The maximum Gasteiger partial charge on any atom is 0.252 e. The zero-order valence-corrected chi connectivity index (χ0v) is 15.9. The third kappa shape index (κ3) is 4.07. The molecule has 120 valence electrons. The maximum atomic E-state index is 12.9. The molecular weight excluding hydrogens is 372 g/mol. The van der Waals surface area contributed by atoms with Crippen LogP contribution in [0.2, 0.25) is 0 Å². The highest BCUT2D eigenvalue weighted by atomic mass is 79.9. The maximum absolute atomic E-state index is 12.9. The topological polar surface area (TPSA) is 49.4 Å². The lowest BCUT2D eigenvalue weighted by Gasteiger charge is -2.34. The van der Waals surface area contributed by atoms with E-state index in [9.17, 15) is 8.42 Å². The molecule has 0 aliphatic carbocycles. The van der Waals surface area contributed by atoms with Gasteiger partial charge in [0.15, 0.2) is 0 Å². The quantitative estimate of drug-likeness (QED) is 0.832. The van der Waals surface area contributed by atoms with Crippen molar-refractivity contribution < 1.29 is 8.42 Å². The molecule has 0 amide bonds. The molecule has 1 aliphatic rings. The van der Waals surface area contributed by atoms with E-state index < -0.39 is 10.0 Å². The third-order valence-electron chi connectivity index (χ3n) is 3.73. The number of nitrogens with zero attached hydrogens (tertiary/aromatic N) is 1. The van der Waals surface area contributed by atoms with Gasteiger partial charge in [0.25, 0.3) is 10.0 Å². The molecule has 1 saturated heterocycles. The average molecular weight is 395 g/mol. The molecule has 1 N–H and O–H groups in total. The number of sulfonamides is 1. The second-order valence-electron chi connectivity index (χ2n) is 5.85. The van der Waals surface area contributed by atoms with Crippen molar-refractivity contribution >= 4 is 37.3 Å². The van der Waals surface area contributed by atoms with Gasteiger partial charge in [-0.2, -0.15) is 4.31 Å². The van der Waals surface area contributed by atoms with E-state index in [2.05, 4.69) is 35.1 Å². The SMILES string of the molecule is Cc1cc(S(=O)(=O)N2CCCCC2CNC(C)C)sc1Br. The Morgan fingerprint density at radius 2 is 2.19 bits per heavy atom. The lowest BCUT2D eigenvalue weighted by atomic mass is 10.0. The van der Waals surface area contributed by atoms with E-state index in [1.807, 2.05) is 6.92 Å². The van der Waals surface area contributed by atoms with Crippen molar-refractivity contribution in [2.24, 2.45) is 0 Å². The molecule has 0 aromatic carbocycles. The summed E-state index contributed by atoms with van der Waals surface area (Å²) in [6, 6.07) is 2.20. The van der Waals surface area contributed by atoms with E-state index >= 15 is 0 Å². The van der Waals surface area contributed by atoms with Crippen LogP contribution in [0.3, 0.4) is 0 Å². The number of piperidine rings is 1. The minimum absolute atomic E-state index is 0.0623. The van der Waals surface area contributed by atoms with Gasteiger partial charge < -0.3 is 5.32 Å². The largest absolute Gasteiger partial charge is 0.313 e. The first-order valence-electron chi connectivity index (χ1n) is 7.33. The van der Waals surface area contributed by atoms with Gasteiger partial charge in [0, 0.05) is 25.2 Å². The molecule has 1 fully saturated rings. The van der Waals surface area contributed by atoms with Crippen molar-refractivity contribution in [2.75, 3.05) is 13.1 Å². The van der Waals surface area contributed by atoms with E-state index in [1.54, 1.807) is 10.4 Å². The molecule has 2 rings (SSSR count). The molecule has 0 radical (unpaired) electrons. The fourth-order valence-corrected chi connectivity index (χ4v) is 6.59. The Kier molecular flexibility index (Phi) is 5.87. The molecule has 2 heterocycles. The standard InChI is InChI=1S/C14H23BrN2O2S2/c1-10(2)16-9-12-6-4-5-7-17(12)21(18,19)13-8-11(3)14(15)20-13/h8,10,12,16H,4-7,9H2,1-3H3. The molecule has 1 aliphatic heterocycles. The van der Waals surface area contributed by atoms with E-state index in [-0.39, 0.29) is 6.04 Å². The highest BCUT2D eigenvalue weighted by Gasteiger charge is 2.34. The number of aryl methyl sites for hydroxylation is 1. The molecule has 1 unspecified atom stereocenters. The molecule has 0 bridgehead atoms. The molecular formula is C14H23BrN2O2S2. The van der Waals surface area contributed by atoms with Gasteiger partial charge >= 0.3 is 0 Å². The van der Waals surface area contributed by atoms with Crippen LogP contribution in [0.4, 0.5) is 0 Å². The van der Waals surface area contributed by atoms with Crippen molar-refractivity contribution in [1.29, 1.82) is 0 Å². The number of nitrogens with one attached hydrogen (secondary N) is 1. The molecule has 1 atom stereocenters. The van der Waals surface area contributed by atoms with Crippen molar-refractivity contribution in [3.8, 4) is 0 Å². The first kappa shape index (κ1) is 17.4. The Morgan fingerprint density at radius 3 is 2.76 bits per heavy atom. The Morgan fingerprint density at radius 1 is 1.48 bits per heavy atom. The summed E-state index contributed by atoms with van der Waals surface area (Å²) in [5.74, 6) is 0. The van der Waals surface area contributed by atoms with Gasteiger partial charge in [0.05, 0.1) is 3.79 Å². The Bertz CT molecular complexity index is 564. The van der Waals surface area contributed by atoms with Crippen LogP contribution in [-0.2, 0) is 10.0 Å². The van der Waals surface area contributed by atoms with Crippen LogP contribution in [0.15, 0.2) is 14.1 Å². The predicted octanol–water partition coefficient (Wildman–Crippen LogP) is 3.36. The summed E-state index contributed by atoms with van der Waals surface area (Å²) in [6.45, 7) is 7.44. The fourth-order valence-electron chi connectivity index (χ4n) is 2.54. The Hall–Kier alpha value is 0.0500. The van der Waals surface area contributed by atoms with Gasteiger partial charge in [0.1, 0.15) is 4.21 Å². The minimum Gasteiger partial charge on any atom is -0.313 e.